The Kier molecular flexibility index (Phi) is 4.02. The largest absolute Gasteiger partial charge is 0.396 e. The zero-order valence-electron chi connectivity index (χ0n) is 13.6. The highest BCUT2D eigenvalue weighted by atomic mass is 16.3. The van der Waals surface area contributed by atoms with Crippen LogP contribution in [0.4, 0.5) is 4.79 Å². The quantitative estimate of drug-likeness (QED) is 0.882. The molecule has 1 heterocycles. The van der Waals surface area contributed by atoms with Gasteiger partial charge in [0.05, 0.1) is 6.04 Å². The van der Waals surface area contributed by atoms with Gasteiger partial charge < -0.3 is 15.3 Å². The molecule has 4 nitrogen and oxygen atoms in total. The van der Waals surface area contributed by atoms with Crippen molar-refractivity contribution in [1.29, 1.82) is 0 Å². The number of benzene rings is 1. The molecule has 3 aliphatic rings. The Balaban J connectivity index is 1.48. The molecule has 2 aliphatic carbocycles. The summed E-state index contributed by atoms with van der Waals surface area (Å²) in [5.41, 5.74) is 4.36. The minimum absolute atomic E-state index is 0.0457. The number of nitrogens with one attached hydrogen (secondary N) is 1. The van der Waals surface area contributed by atoms with E-state index in [0.717, 1.165) is 25.8 Å². The average Bonchev–Trinajstić information content (AvgIpc) is 2.95. The Hall–Kier alpha value is -1.55. The average molecular weight is 314 g/mol. The van der Waals surface area contributed by atoms with Crippen LogP contribution in [-0.4, -0.2) is 35.7 Å². The summed E-state index contributed by atoms with van der Waals surface area (Å²) < 4.78 is 0. The first kappa shape index (κ1) is 15.0. The van der Waals surface area contributed by atoms with Gasteiger partial charge >= 0.3 is 6.03 Å². The lowest BCUT2D eigenvalue weighted by Gasteiger charge is -2.32. The number of hydrogen-bond donors (Lipinski definition) is 2. The van der Waals surface area contributed by atoms with Crippen molar-refractivity contribution >= 4 is 6.03 Å². The van der Waals surface area contributed by atoms with E-state index in [9.17, 15) is 9.90 Å². The van der Waals surface area contributed by atoms with Crippen molar-refractivity contribution in [2.75, 3.05) is 19.7 Å². The van der Waals surface area contributed by atoms with Gasteiger partial charge in [0.15, 0.2) is 0 Å². The van der Waals surface area contributed by atoms with Crippen molar-refractivity contribution in [3.63, 3.8) is 0 Å². The van der Waals surface area contributed by atoms with Gasteiger partial charge in [0.25, 0.3) is 0 Å². The van der Waals surface area contributed by atoms with Crippen molar-refractivity contribution in [3.8, 4) is 0 Å². The molecule has 124 valence electrons. The second kappa shape index (κ2) is 6.16. The van der Waals surface area contributed by atoms with Crippen LogP contribution in [0, 0.1) is 5.92 Å². The molecule has 1 aliphatic heterocycles. The number of aliphatic hydroxyl groups is 1. The summed E-state index contributed by atoms with van der Waals surface area (Å²) in [7, 11) is 0. The molecule has 0 saturated carbocycles. The van der Waals surface area contributed by atoms with Gasteiger partial charge in [-0.2, -0.15) is 0 Å². The molecule has 0 spiro atoms. The number of carbonyl (C=O) groups is 1. The van der Waals surface area contributed by atoms with Gasteiger partial charge in [-0.05, 0) is 67.1 Å². The van der Waals surface area contributed by atoms with Crippen LogP contribution in [0.5, 0.6) is 0 Å². The lowest BCUT2D eigenvalue weighted by molar-refractivity contribution is 0.127. The van der Waals surface area contributed by atoms with Gasteiger partial charge in [0.2, 0.25) is 0 Å². The van der Waals surface area contributed by atoms with E-state index < -0.39 is 0 Å². The topological polar surface area (TPSA) is 52.6 Å². The number of rotatable bonds is 2. The molecule has 0 aromatic heterocycles. The van der Waals surface area contributed by atoms with Gasteiger partial charge in [-0.15, -0.1) is 0 Å². The van der Waals surface area contributed by atoms with E-state index in [1.54, 1.807) is 0 Å². The van der Waals surface area contributed by atoms with Crippen LogP contribution in [0.1, 0.15) is 60.8 Å². The second-order valence-electron chi connectivity index (χ2n) is 7.38. The fraction of sp³-hybridized carbons (Fsp3) is 0.632. The number of amides is 2. The molecule has 0 radical (unpaired) electrons. The van der Waals surface area contributed by atoms with Crippen molar-refractivity contribution in [2.24, 2.45) is 5.92 Å². The zero-order chi connectivity index (χ0) is 15.8. The number of carbonyl (C=O) groups excluding carboxylic acids is 1. The highest BCUT2D eigenvalue weighted by Gasteiger charge is 2.36. The van der Waals surface area contributed by atoms with Crippen LogP contribution in [0.3, 0.4) is 0 Å². The molecular formula is C19H26N2O2. The molecule has 4 heteroatoms. The molecule has 3 unspecified atom stereocenters. The Bertz CT molecular complexity index is 601. The van der Waals surface area contributed by atoms with Gasteiger partial charge in [-0.25, -0.2) is 4.79 Å². The van der Waals surface area contributed by atoms with Crippen LogP contribution in [0.15, 0.2) is 18.2 Å². The van der Waals surface area contributed by atoms with Crippen molar-refractivity contribution in [3.05, 3.63) is 34.9 Å². The maximum atomic E-state index is 12.7. The fourth-order valence-electron chi connectivity index (χ4n) is 4.76. The Labute approximate surface area is 137 Å². The number of likely N-dealkylation sites (tertiary alicyclic amines) is 1. The first-order valence-electron chi connectivity index (χ1n) is 9.04. The Morgan fingerprint density at radius 3 is 3.09 bits per heavy atom. The maximum absolute atomic E-state index is 12.7. The molecule has 4 rings (SSSR count). The molecular weight excluding hydrogens is 288 g/mol. The predicted molar refractivity (Wildman–Crippen MR) is 89.4 cm³/mol. The molecule has 2 N–H and O–H groups in total. The van der Waals surface area contributed by atoms with Crippen molar-refractivity contribution in [2.45, 2.75) is 50.5 Å². The van der Waals surface area contributed by atoms with E-state index >= 15 is 0 Å². The molecule has 2 amide bonds. The Morgan fingerprint density at radius 2 is 2.22 bits per heavy atom. The van der Waals surface area contributed by atoms with Crippen LogP contribution in [0.25, 0.3) is 0 Å². The maximum Gasteiger partial charge on any atom is 0.317 e. The smallest absolute Gasteiger partial charge is 0.317 e. The lowest BCUT2D eigenvalue weighted by Crippen LogP contribution is -2.46. The third-order valence-corrected chi connectivity index (χ3v) is 5.89. The number of piperidine rings is 1. The Morgan fingerprint density at radius 1 is 1.30 bits per heavy atom. The summed E-state index contributed by atoms with van der Waals surface area (Å²) in [6, 6.07) is 6.80. The van der Waals surface area contributed by atoms with E-state index in [-0.39, 0.29) is 24.6 Å². The minimum Gasteiger partial charge on any atom is -0.396 e. The number of aryl methyl sites for hydroxylation is 1. The summed E-state index contributed by atoms with van der Waals surface area (Å²) in [5.74, 6) is 0.874. The summed E-state index contributed by atoms with van der Waals surface area (Å²) in [5, 5.41) is 12.6. The normalized spacial score (nSPS) is 29.3. The van der Waals surface area contributed by atoms with Gasteiger partial charge in [0, 0.05) is 19.7 Å². The number of nitrogens with zero attached hydrogens (tertiary/aromatic N) is 1. The molecule has 3 atom stereocenters. The first-order valence-corrected chi connectivity index (χ1v) is 9.04. The summed E-state index contributed by atoms with van der Waals surface area (Å²) in [6.45, 7) is 1.68. The van der Waals surface area contributed by atoms with Gasteiger partial charge in [-0.1, -0.05) is 18.2 Å². The highest BCUT2D eigenvalue weighted by molar-refractivity contribution is 5.75. The minimum atomic E-state index is 0.0457. The van der Waals surface area contributed by atoms with E-state index in [1.807, 2.05) is 4.90 Å². The fourth-order valence-corrected chi connectivity index (χ4v) is 4.76. The van der Waals surface area contributed by atoms with Crippen molar-refractivity contribution < 1.29 is 9.90 Å². The molecule has 0 bridgehead atoms. The highest BCUT2D eigenvalue weighted by Crippen LogP contribution is 2.47. The van der Waals surface area contributed by atoms with Crippen LogP contribution < -0.4 is 5.32 Å². The monoisotopic (exact) mass is 314 g/mol. The van der Waals surface area contributed by atoms with Crippen LogP contribution in [0.2, 0.25) is 0 Å². The third-order valence-electron chi connectivity index (χ3n) is 5.89. The molecule has 1 aromatic rings. The van der Waals surface area contributed by atoms with E-state index in [2.05, 4.69) is 23.5 Å². The number of aliphatic hydroxyl groups excluding tert-OH is 1. The molecule has 1 fully saturated rings. The SMILES string of the molecule is O=C(NC1CC2CCCc3cccc1c32)N1CCCC(CO)C1. The van der Waals surface area contributed by atoms with Gasteiger partial charge in [-0.3, -0.25) is 0 Å². The van der Waals surface area contributed by atoms with Crippen LogP contribution >= 0.6 is 0 Å². The number of hydrogen-bond acceptors (Lipinski definition) is 2. The molecule has 1 aromatic carbocycles. The summed E-state index contributed by atoms with van der Waals surface area (Å²) >= 11 is 0. The summed E-state index contributed by atoms with van der Waals surface area (Å²) in [4.78, 5) is 14.5. The number of urea groups is 1. The van der Waals surface area contributed by atoms with Gasteiger partial charge in [0.1, 0.15) is 0 Å². The summed E-state index contributed by atoms with van der Waals surface area (Å²) in [6.07, 6.45) is 6.78. The first-order chi connectivity index (χ1) is 11.3. The lowest BCUT2D eigenvalue weighted by atomic mass is 9.84. The van der Waals surface area contributed by atoms with E-state index in [1.165, 1.54) is 36.0 Å². The van der Waals surface area contributed by atoms with Crippen LogP contribution in [-0.2, 0) is 6.42 Å². The molecule has 23 heavy (non-hydrogen) atoms. The zero-order valence-corrected chi connectivity index (χ0v) is 13.6. The van der Waals surface area contributed by atoms with E-state index in [0.29, 0.717) is 12.5 Å². The predicted octanol–water partition coefficient (Wildman–Crippen LogP) is 2.97. The third kappa shape index (κ3) is 2.74. The van der Waals surface area contributed by atoms with E-state index in [4.69, 9.17) is 0 Å². The van der Waals surface area contributed by atoms with Crippen molar-refractivity contribution in [1.82, 2.24) is 10.2 Å². The second-order valence-corrected chi connectivity index (χ2v) is 7.38. The molecule has 1 saturated heterocycles. The standard InChI is InChI=1S/C19H26N2O2/c22-12-13-4-3-9-21(11-13)19(23)20-17-10-15-7-1-5-14-6-2-8-16(17)18(14)15/h2,6,8,13,15,17,22H,1,3-5,7,9-12H2,(H,20,23).